The van der Waals surface area contributed by atoms with E-state index in [0.29, 0.717) is 11.8 Å². The quantitative estimate of drug-likeness (QED) is 0.685. The third kappa shape index (κ3) is 2.44. The standard InChI is InChI=1S/C23H25N2/c1-16-18-10-5-7-12-22(18)24(3)20(16)14-9-15-21-17(2)19-11-6-8-13-23(19)25(21)4/h5-17H,1-4H3/q+1. The van der Waals surface area contributed by atoms with Crippen molar-refractivity contribution in [3.05, 3.63) is 83.6 Å². The van der Waals surface area contributed by atoms with Crippen molar-refractivity contribution in [3.63, 3.8) is 0 Å². The van der Waals surface area contributed by atoms with Gasteiger partial charge in [-0.25, -0.2) is 0 Å². The Hall–Kier alpha value is -2.61. The molecule has 0 radical (unpaired) electrons. The first-order chi connectivity index (χ1) is 12.1. The van der Waals surface area contributed by atoms with Crippen LogP contribution in [0.3, 0.4) is 0 Å². The van der Waals surface area contributed by atoms with Gasteiger partial charge >= 0.3 is 0 Å². The third-order valence-corrected chi connectivity index (χ3v) is 5.73. The zero-order valence-electron chi connectivity index (χ0n) is 15.4. The van der Waals surface area contributed by atoms with Crippen molar-refractivity contribution in [2.45, 2.75) is 25.7 Å². The molecule has 2 aromatic carbocycles. The molecule has 0 bridgehead atoms. The minimum atomic E-state index is 0.437. The number of fused-ring (bicyclic) bond motifs is 2. The van der Waals surface area contributed by atoms with E-state index in [1.165, 1.54) is 33.9 Å². The lowest BCUT2D eigenvalue weighted by Crippen LogP contribution is -2.12. The van der Waals surface area contributed by atoms with E-state index < -0.39 is 0 Å². The number of anilines is 1. The summed E-state index contributed by atoms with van der Waals surface area (Å²) < 4.78 is 2.31. The van der Waals surface area contributed by atoms with Crippen LogP contribution < -0.4 is 4.90 Å². The maximum atomic E-state index is 2.31. The summed E-state index contributed by atoms with van der Waals surface area (Å²) in [5, 5.41) is 0. The topological polar surface area (TPSA) is 6.25 Å². The van der Waals surface area contributed by atoms with Crippen molar-refractivity contribution in [3.8, 4) is 0 Å². The second-order valence-corrected chi connectivity index (χ2v) is 7.05. The highest BCUT2D eigenvalue weighted by molar-refractivity contribution is 5.99. The molecule has 4 rings (SSSR count). The van der Waals surface area contributed by atoms with Crippen LogP contribution in [0.25, 0.3) is 0 Å². The summed E-state index contributed by atoms with van der Waals surface area (Å²) in [4.78, 5) is 2.31. The molecule has 0 spiro atoms. The van der Waals surface area contributed by atoms with Gasteiger partial charge in [0.1, 0.15) is 7.05 Å². The fraction of sp³-hybridized carbons (Fsp3) is 0.261. The lowest BCUT2D eigenvalue weighted by molar-refractivity contribution is -0.401. The summed E-state index contributed by atoms with van der Waals surface area (Å²) in [5.74, 6) is 0.874. The van der Waals surface area contributed by atoms with Gasteiger partial charge in [-0.1, -0.05) is 49.4 Å². The van der Waals surface area contributed by atoms with E-state index in [0.717, 1.165) is 0 Å². The number of para-hydroxylation sites is 2. The number of benzene rings is 2. The normalized spacial score (nSPS) is 23.7. The Morgan fingerprint density at radius 2 is 1.60 bits per heavy atom. The lowest BCUT2D eigenvalue weighted by Gasteiger charge is -2.15. The highest BCUT2D eigenvalue weighted by Crippen LogP contribution is 2.42. The van der Waals surface area contributed by atoms with Gasteiger partial charge in [-0.2, -0.15) is 4.58 Å². The van der Waals surface area contributed by atoms with Gasteiger partial charge in [-0.05, 0) is 24.6 Å². The van der Waals surface area contributed by atoms with Crippen molar-refractivity contribution in [2.75, 3.05) is 19.0 Å². The van der Waals surface area contributed by atoms with Gasteiger partial charge in [0, 0.05) is 42.1 Å². The molecule has 25 heavy (non-hydrogen) atoms. The van der Waals surface area contributed by atoms with Crippen molar-refractivity contribution in [2.24, 2.45) is 0 Å². The van der Waals surface area contributed by atoms with Gasteiger partial charge in [0.25, 0.3) is 0 Å². The fourth-order valence-corrected chi connectivity index (χ4v) is 4.25. The number of nitrogens with zero attached hydrogens (tertiary/aromatic N) is 2. The minimum Gasteiger partial charge on any atom is -0.347 e. The van der Waals surface area contributed by atoms with E-state index >= 15 is 0 Å². The van der Waals surface area contributed by atoms with Crippen LogP contribution in [0.4, 0.5) is 11.4 Å². The zero-order valence-corrected chi connectivity index (χ0v) is 15.4. The molecule has 0 amide bonds. The van der Waals surface area contributed by atoms with Crippen molar-refractivity contribution in [1.29, 1.82) is 0 Å². The summed E-state index contributed by atoms with van der Waals surface area (Å²) in [6, 6.07) is 17.4. The molecule has 126 valence electrons. The van der Waals surface area contributed by atoms with Crippen molar-refractivity contribution < 1.29 is 4.58 Å². The number of allylic oxidation sites excluding steroid dienone is 4. The van der Waals surface area contributed by atoms with E-state index in [9.17, 15) is 0 Å². The van der Waals surface area contributed by atoms with Crippen LogP contribution >= 0.6 is 0 Å². The molecule has 0 saturated carbocycles. The fourth-order valence-electron chi connectivity index (χ4n) is 4.25. The van der Waals surface area contributed by atoms with Crippen molar-refractivity contribution in [1.82, 2.24) is 0 Å². The first-order valence-corrected chi connectivity index (χ1v) is 9.00. The second kappa shape index (κ2) is 6.03. The Labute approximate surface area is 150 Å². The van der Waals surface area contributed by atoms with Crippen LogP contribution in [0.15, 0.2) is 72.5 Å². The smallest absolute Gasteiger partial charge is 0.209 e. The molecule has 2 unspecified atom stereocenters. The lowest BCUT2D eigenvalue weighted by atomic mass is 9.97. The Bertz CT molecular complexity index is 886. The van der Waals surface area contributed by atoms with E-state index in [1.807, 2.05) is 0 Å². The van der Waals surface area contributed by atoms with Crippen LogP contribution in [-0.4, -0.2) is 24.4 Å². The molecule has 0 N–H and O–H groups in total. The molecular weight excluding hydrogens is 304 g/mol. The number of hydrogen-bond donors (Lipinski definition) is 0. The van der Waals surface area contributed by atoms with Gasteiger partial charge in [0.2, 0.25) is 5.69 Å². The Balaban J connectivity index is 1.62. The zero-order chi connectivity index (χ0) is 17.6. The third-order valence-electron chi connectivity index (χ3n) is 5.73. The Morgan fingerprint density at radius 1 is 0.920 bits per heavy atom. The average Bonchev–Trinajstić information content (AvgIpc) is 3.03. The van der Waals surface area contributed by atoms with E-state index in [4.69, 9.17) is 0 Å². The molecule has 2 atom stereocenters. The Morgan fingerprint density at radius 3 is 2.32 bits per heavy atom. The largest absolute Gasteiger partial charge is 0.347 e. The summed E-state index contributed by atoms with van der Waals surface area (Å²) in [5.41, 5.74) is 8.17. The first-order valence-electron chi connectivity index (χ1n) is 9.00. The van der Waals surface area contributed by atoms with Gasteiger partial charge < -0.3 is 4.90 Å². The van der Waals surface area contributed by atoms with Crippen LogP contribution in [-0.2, 0) is 0 Å². The SMILES string of the molecule is CC1C(=CC=CC2=[N+](C)c3ccccc3C2C)N(C)c2ccccc21. The number of likely N-dealkylation sites (N-methyl/N-ethyl adjacent to an activating group) is 1. The summed E-state index contributed by atoms with van der Waals surface area (Å²) in [6.45, 7) is 4.57. The predicted octanol–water partition coefficient (Wildman–Crippen LogP) is 5.21. The number of hydrogen-bond acceptors (Lipinski definition) is 1. The summed E-state index contributed by atoms with van der Waals surface area (Å²) in [7, 11) is 4.32. The van der Waals surface area contributed by atoms with Gasteiger partial charge in [0.05, 0.1) is 5.92 Å². The molecule has 0 aromatic heterocycles. The highest BCUT2D eigenvalue weighted by Gasteiger charge is 2.32. The molecule has 0 aliphatic carbocycles. The van der Waals surface area contributed by atoms with Crippen LogP contribution in [0.2, 0.25) is 0 Å². The van der Waals surface area contributed by atoms with E-state index in [-0.39, 0.29) is 0 Å². The second-order valence-electron chi connectivity index (χ2n) is 7.05. The van der Waals surface area contributed by atoms with Gasteiger partial charge in [0.15, 0.2) is 5.71 Å². The molecule has 2 heterocycles. The molecular formula is C23H25N2+. The predicted molar refractivity (Wildman–Crippen MR) is 106 cm³/mol. The molecule has 0 saturated heterocycles. The van der Waals surface area contributed by atoms with Crippen LogP contribution in [0, 0.1) is 0 Å². The van der Waals surface area contributed by atoms with Gasteiger partial charge in [-0.15, -0.1) is 0 Å². The molecule has 2 heteroatoms. The van der Waals surface area contributed by atoms with E-state index in [1.54, 1.807) is 0 Å². The number of rotatable bonds is 2. The molecule has 2 aliphatic rings. The molecule has 0 fully saturated rings. The maximum absolute atomic E-state index is 2.31. The van der Waals surface area contributed by atoms with Crippen molar-refractivity contribution >= 4 is 17.1 Å². The summed E-state index contributed by atoms with van der Waals surface area (Å²) >= 11 is 0. The monoisotopic (exact) mass is 329 g/mol. The minimum absolute atomic E-state index is 0.437. The summed E-state index contributed by atoms with van der Waals surface area (Å²) in [6.07, 6.45) is 6.74. The van der Waals surface area contributed by atoms with E-state index in [2.05, 4.69) is 104 Å². The first kappa shape index (κ1) is 15.9. The molecule has 2 aliphatic heterocycles. The van der Waals surface area contributed by atoms with Crippen LogP contribution in [0.5, 0.6) is 0 Å². The molecule has 2 aromatic rings. The average molecular weight is 329 g/mol. The van der Waals surface area contributed by atoms with Gasteiger partial charge in [-0.3, -0.25) is 0 Å². The highest BCUT2D eigenvalue weighted by atomic mass is 15.1. The Kier molecular flexibility index (Phi) is 3.84. The molecule has 2 nitrogen and oxygen atoms in total. The maximum Gasteiger partial charge on any atom is 0.209 e. The van der Waals surface area contributed by atoms with Crippen LogP contribution in [0.1, 0.15) is 36.8 Å².